The molecule has 1 aliphatic carbocycles. The lowest BCUT2D eigenvalue weighted by Gasteiger charge is -2.01. The minimum absolute atomic E-state index is 0.0682. The molecule has 136 valence electrons. The molecule has 1 amide bonds. The number of nitrogens with one attached hydrogen (secondary N) is 1. The molecule has 27 heavy (non-hydrogen) atoms. The van der Waals surface area contributed by atoms with Gasteiger partial charge in [0.15, 0.2) is 10.8 Å². The topological polar surface area (TPSA) is 94.3 Å². The van der Waals surface area contributed by atoms with E-state index in [-0.39, 0.29) is 11.8 Å². The van der Waals surface area contributed by atoms with E-state index in [2.05, 4.69) is 25.6 Å². The summed E-state index contributed by atoms with van der Waals surface area (Å²) in [4.78, 5) is 17.4. The fraction of sp³-hybridized carbons (Fsp3) is 0.235. The predicted octanol–water partition coefficient (Wildman–Crippen LogP) is 3.24. The van der Waals surface area contributed by atoms with Gasteiger partial charge in [-0.05, 0) is 48.9 Å². The van der Waals surface area contributed by atoms with Gasteiger partial charge in [0.05, 0.1) is 17.3 Å². The van der Waals surface area contributed by atoms with E-state index in [1.807, 2.05) is 24.3 Å². The summed E-state index contributed by atoms with van der Waals surface area (Å²) in [5, 5.41) is 16.9. The Hall–Kier alpha value is -2.72. The maximum atomic E-state index is 11.9. The van der Waals surface area contributed by atoms with Crippen molar-refractivity contribution in [3.05, 3.63) is 30.3 Å². The Morgan fingerprint density at radius 1 is 1.30 bits per heavy atom. The molecule has 1 fully saturated rings. The Labute approximate surface area is 162 Å². The molecule has 0 saturated heterocycles. The lowest BCUT2D eigenvalue weighted by molar-refractivity contribution is -0.117. The number of fused-ring (bicyclic) bond motifs is 2. The SMILES string of the molecule is COc1ccc2nnc(Sc3ccc4nc(NC(=O)C5CC5)sc4c3)n2n1. The second-order valence-electron chi connectivity index (χ2n) is 6.14. The van der Waals surface area contributed by atoms with Gasteiger partial charge >= 0.3 is 0 Å². The largest absolute Gasteiger partial charge is 0.480 e. The number of ether oxygens (including phenoxy) is 1. The highest BCUT2D eigenvalue weighted by atomic mass is 32.2. The van der Waals surface area contributed by atoms with Crippen LogP contribution in [0.1, 0.15) is 12.8 Å². The van der Waals surface area contributed by atoms with Crippen LogP contribution in [-0.2, 0) is 4.79 Å². The Morgan fingerprint density at radius 3 is 3.00 bits per heavy atom. The van der Waals surface area contributed by atoms with Crippen LogP contribution in [0.3, 0.4) is 0 Å². The molecule has 1 N–H and O–H groups in total. The quantitative estimate of drug-likeness (QED) is 0.551. The number of nitrogens with zero attached hydrogens (tertiary/aromatic N) is 5. The predicted molar refractivity (Wildman–Crippen MR) is 102 cm³/mol. The zero-order chi connectivity index (χ0) is 18.4. The van der Waals surface area contributed by atoms with E-state index in [9.17, 15) is 4.79 Å². The number of benzene rings is 1. The molecule has 5 rings (SSSR count). The molecule has 4 aromatic rings. The molecule has 3 heterocycles. The maximum Gasteiger partial charge on any atom is 0.231 e. The summed E-state index contributed by atoms with van der Waals surface area (Å²) in [7, 11) is 1.57. The van der Waals surface area contributed by atoms with E-state index in [1.54, 1.807) is 17.7 Å². The van der Waals surface area contributed by atoms with Gasteiger partial charge in [0.25, 0.3) is 0 Å². The van der Waals surface area contributed by atoms with Gasteiger partial charge in [-0.3, -0.25) is 4.79 Å². The van der Waals surface area contributed by atoms with E-state index in [1.165, 1.54) is 23.1 Å². The minimum Gasteiger partial charge on any atom is -0.480 e. The first-order valence-electron chi connectivity index (χ1n) is 8.35. The minimum atomic E-state index is 0.0682. The van der Waals surface area contributed by atoms with Gasteiger partial charge in [-0.15, -0.1) is 15.3 Å². The summed E-state index contributed by atoms with van der Waals surface area (Å²) in [6.07, 6.45) is 1.95. The third kappa shape index (κ3) is 3.21. The molecular formula is C17H14N6O2S2. The van der Waals surface area contributed by atoms with Crippen molar-refractivity contribution in [3.63, 3.8) is 0 Å². The normalized spacial score (nSPS) is 14.0. The highest BCUT2D eigenvalue weighted by Gasteiger charge is 2.30. The fourth-order valence-corrected chi connectivity index (χ4v) is 4.41. The number of carbonyl (C=O) groups is 1. The summed E-state index contributed by atoms with van der Waals surface area (Å²) in [5.74, 6) is 0.727. The Kier molecular flexibility index (Phi) is 3.94. The van der Waals surface area contributed by atoms with Gasteiger partial charge in [0.1, 0.15) is 0 Å². The molecule has 0 unspecified atom stereocenters. The first-order chi connectivity index (χ1) is 13.2. The van der Waals surface area contributed by atoms with E-state index in [0.717, 1.165) is 28.0 Å². The summed E-state index contributed by atoms with van der Waals surface area (Å²) in [6.45, 7) is 0. The third-order valence-electron chi connectivity index (χ3n) is 4.17. The smallest absolute Gasteiger partial charge is 0.231 e. The number of aromatic nitrogens is 5. The summed E-state index contributed by atoms with van der Waals surface area (Å²) >= 11 is 2.93. The third-order valence-corrected chi connectivity index (χ3v) is 6.03. The number of thiazole rings is 1. The van der Waals surface area contributed by atoms with Crippen LogP contribution in [0.5, 0.6) is 5.88 Å². The van der Waals surface area contributed by atoms with Gasteiger partial charge in [-0.1, -0.05) is 11.3 Å². The molecular weight excluding hydrogens is 384 g/mol. The average Bonchev–Trinajstić information content (AvgIpc) is 3.35. The summed E-state index contributed by atoms with van der Waals surface area (Å²) in [6, 6.07) is 9.51. The van der Waals surface area contributed by atoms with Crippen molar-refractivity contribution in [1.29, 1.82) is 0 Å². The van der Waals surface area contributed by atoms with E-state index >= 15 is 0 Å². The molecule has 0 atom stereocenters. The van der Waals surface area contributed by atoms with Gasteiger partial charge < -0.3 is 10.1 Å². The van der Waals surface area contributed by atoms with Crippen molar-refractivity contribution < 1.29 is 9.53 Å². The zero-order valence-electron chi connectivity index (χ0n) is 14.2. The molecule has 8 nitrogen and oxygen atoms in total. The first-order valence-corrected chi connectivity index (χ1v) is 9.99. The number of methoxy groups -OCH3 is 1. The van der Waals surface area contributed by atoms with E-state index in [4.69, 9.17) is 4.74 Å². The number of anilines is 1. The van der Waals surface area contributed by atoms with Crippen LogP contribution in [0.25, 0.3) is 15.9 Å². The van der Waals surface area contributed by atoms with Crippen LogP contribution < -0.4 is 10.1 Å². The Bertz CT molecular complexity index is 1170. The van der Waals surface area contributed by atoms with Crippen molar-refractivity contribution in [2.45, 2.75) is 22.9 Å². The highest BCUT2D eigenvalue weighted by Crippen LogP contribution is 2.35. The number of rotatable bonds is 5. The molecule has 1 saturated carbocycles. The van der Waals surface area contributed by atoms with Crippen LogP contribution in [0.2, 0.25) is 0 Å². The Balaban J connectivity index is 1.42. The number of hydrogen-bond acceptors (Lipinski definition) is 8. The number of amides is 1. The molecule has 1 aromatic carbocycles. The second-order valence-corrected chi connectivity index (χ2v) is 8.21. The molecule has 0 bridgehead atoms. The van der Waals surface area contributed by atoms with Gasteiger partial charge in [0, 0.05) is 16.9 Å². The lowest BCUT2D eigenvalue weighted by atomic mass is 10.3. The summed E-state index contributed by atoms with van der Waals surface area (Å²) in [5.41, 5.74) is 1.52. The number of hydrogen-bond donors (Lipinski definition) is 1. The van der Waals surface area contributed by atoms with Crippen molar-refractivity contribution >= 4 is 50.0 Å². The van der Waals surface area contributed by atoms with E-state index in [0.29, 0.717) is 21.8 Å². The second kappa shape index (κ2) is 6.46. The van der Waals surface area contributed by atoms with Crippen LogP contribution in [-0.4, -0.2) is 37.8 Å². The summed E-state index contributed by atoms with van der Waals surface area (Å²) < 4.78 is 7.83. The van der Waals surface area contributed by atoms with Gasteiger partial charge in [-0.2, -0.15) is 4.52 Å². The highest BCUT2D eigenvalue weighted by molar-refractivity contribution is 7.99. The average molecular weight is 398 g/mol. The number of carbonyl (C=O) groups excluding carboxylic acids is 1. The zero-order valence-corrected chi connectivity index (χ0v) is 15.9. The lowest BCUT2D eigenvalue weighted by Crippen LogP contribution is -2.12. The van der Waals surface area contributed by atoms with Crippen LogP contribution in [0.4, 0.5) is 5.13 Å². The van der Waals surface area contributed by atoms with Crippen molar-refractivity contribution in [2.24, 2.45) is 5.92 Å². The van der Waals surface area contributed by atoms with E-state index < -0.39 is 0 Å². The van der Waals surface area contributed by atoms with Gasteiger partial charge in [-0.25, -0.2) is 4.98 Å². The molecule has 0 radical (unpaired) electrons. The standard InChI is InChI=1S/C17H14N6O2S2/c1-25-14-7-6-13-20-21-17(23(13)22-14)26-10-4-5-11-12(8-10)27-16(18-11)19-15(24)9-2-3-9/h4-9H,2-3H2,1H3,(H,18,19,24). The molecule has 10 heteroatoms. The van der Waals surface area contributed by atoms with Crippen molar-refractivity contribution in [1.82, 2.24) is 24.8 Å². The van der Waals surface area contributed by atoms with Crippen molar-refractivity contribution in [3.8, 4) is 5.88 Å². The van der Waals surface area contributed by atoms with Crippen LogP contribution in [0, 0.1) is 5.92 Å². The maximum absolute atomic E-state index is 11.9. The first kappa shape index (κ1) is 16.5. The molecule has 0 aliphatic heterocycles. The fourth-order valence-electron chi connectivity index (χ4n) is 2.61. The molecule has 0 spiro atoms. The Morgan fingerprint density at radius 2 is 2.19 bits per heavy atom. The molecule has 3 aromatic heterocycles. The van der Waals surface area contributed by atoms with Crippen LogP contribution in [0.15, 0.2) is 40.4 Å². The van der Waals surface area contributed by atoms with Crippen LogP contribution >= 0.6 is 23.1 Å². The molecule has 1 aliphatic rings. The van der Waals surface area contributed by atoms with Crippen molar-refractivity contribution in [2.75, 3.05) is 12.4 Å². The monoisotopic (exact) mass is 398 g/mol. The van der Waals surface area contributed by atoms with Gasteiger partial charge in [0.2, 0.25) is 16.9 Å².